The summed E-state index contributed by atoms with van der Waals surface area (Å²) in [5.41, 5.74) is 0.270. The van der Waals surface area contributed by atoms with Crippen molar-refractivity contribution in [1.29, 1.82) is 0 Å². The number of nitrogens with zero attached hydrogens (tertiary/aromatic N) is 1. The Morgan fingerprint density at radius 3 is 2.12 bits per heavy atom. The van der Waals surface area contributed by atoms with E-state index in [0.717, 1.165) is 18.4 Å². The van der Waals surface area contributed by atoms with Gasteiger partial charge in [-0.3, -0.25) is 0 Å². The van der Waals surface area contributed by atoms with Crippen LogP contribution in [0.1, 0.15) is 46.5 Å². The standard InChI is InChI=1S/C14H28N2/c1-14(2,3)15-8-9-16-10-12-6-4-5-7-13(12)11-16/h12-13,15H,4-11H2,1-3H3/t12-,13+. The van der Waals surface area contributed by atoms with Crippen LogP contribution in [0.2, 0.25) is 0 Å². The van der Waals surface area contributed by atoms with Crippen LogP contribution in [0.25, 0.3) is 0 Å². The van der Waals surface area contributed by atoms with Crippen LogP contribution in [0.3, 0.4) is 0 Å². The molecule has 0 unspecified atom stereocenters. The van der Waals surface area contributed by atoms with Gasteiger partial charge in [-0.1, -0.05) is 12.8 Å². The summed E-state index contributed by atoms with van der Waals surface area (Å²) >= 11 is 0. The van der Waals surface area contributed by atoms with Crippen LogP contribution < -0.4 is 5.32 Å². The summed E-state index contributed by atoms with van der Waals surface area (Å²) in [4.78, 5) is 2.68. The van der Waals surface area contributed by atoms with Crippen LogP contribution in [-0.2, 0) is 0 Å². The summed E-state index contributed by atoms with van der Waals surface area (Å²) < 4.78 is 0. The van der Waals surface area contributed by atoms with Crippen LogP contribution in [0.4, 0.5) is 0 Å². The van der Waals surface area contributed by atoms with Gasteiger partial charge in [0, 0.05) is 31.7 Å². The summed E-state index contributed by atoms with van der Waals surface area (Å²) in [5, 5.41) is 3.59. The third kappa shape index (κ3) is 3.46. The normalized spacial score (nSPS) is 31.7. The Morgan fingerprint density at radius 2 is 1.62 bits per heavy atom. The molecule has 0 radical (unpaired) electrons. The lowest BCUT2D eigenvalue weighted by atomic mass is 9.82. The van der Waals surface area contributed by atoms with Crippen LogP contribution in [0.15, 0.2) is 0 Å². The molecule has 2 nitrogen and oxygen atoms in total. The Hall–Kier alpha value is -0.0800. The Labute approximate surface area is 101 Å². The maximum absolute atomic E-state index is 3.59. The second kappa shape index (κ2) is 5.05. The maximum atomic E-state index is 3.59. The number of hydrogen-bond donors (Lipinski definition) is 1. The third-order valence-corrected chi connectivity index (χ3v) is 4.14. The Bertz CT molecular complexity index is 205. The third-order valence-electron chi connectivity index (χ3n) is 4.14. The minimum atomic E-state index is 0.270. The van der Waals surface area contributed by atoms with E-state index in [1.807, 2.05) is 0 Å². The van der Waals surface area contributed by atoms with E-state index < -0.39 is 0 Å². The van der Waals surface area contributed by atoms with Gasteiger partial charge < -0.3 is 10.2 Å². The highest BCUT2D eigenvalue weighted by Crippen LogP contribution is 2.35. The van der Waals surface area contributed by atoms with Crippen LogP contribution in [0, 0.1) is 11.8 Å². The van der Waals surface area contributed by atoms with Gasteiger partial charge in [0.05, 0.1) is 0 Å². The number of likely N-dealkylation sites (tertiary alicyclic amines) is 1. The average molecular weight is 224 g/mol. The van der Waals surface area contributed by atoms with Crippen molar-refractivity contribution in [2.45, 2.75) is 52.0 Å². The van der Waals surface area contributed by atoms with Gasteiger partial charge in [0.15, 0.2) is 0 Å². The van der Waals surface area contributed by atoms with Crippen LogP contribution >= 0.6 is 0 Å². The molecule has 94 valence electrons. The Morgan fingerprint density at radius 1 is 1.06 bits per heavy atom. The fourth-order valence-corrected chi connectivity index (χ4v) is 3.27. The van der Waals surface area contributed by atoms with Crippen molar-refractivity contribution >= 4 is 0 Å². The van der Waals surface area contributed by atoms with Gasteiger partial charge >= 0.3 is 0 Å². The molecule has 2 aliphatic rings. The molecule has 16 heavy (non-hydrogen) atoms. The largest absolute Gasteiger partial charge is 0.311 e. The summed E-state index contributed by atoms with van der Waals surface area (Å²) in [7, 11) is 0. The molecule has 1 saturated carbocycles. The molecule has 1 aliphatic heterocycles. The molecule has 0 amide bonds. The molecule has 1 saturated heterocycles. The highest BCUT2D eigenvalue weighted by molar-refractivity contribution is 4.87. The summed E-state index contributed by atoms with van der Waals surface area (Å²) in [5.74, 6) is 2.06. The molecule has 0 aromatic carbocycles. The maximum Gasteiger partial charge on any atom is 0.0107 e. The van der Waals surface area contributed by atoms with Gasteiger partial charge in [-0.25, -0.2) is 0 Å². The molecular formula is C14H28N2. The van der Waals surface area contributed by atoms with Gasteiger partial charge in [0.1, 0.15) is 0 Å². The molecule has 1 aliphatic carbocycles. The molecule has 0 bridgehead atoms. The molecule has 0 aromatic heterocycles. The Kier molecular flexibility index (Phi) is 3.91. The van der Waals surface area contributed by atoms with Gasteiger partial charge in [0.2, 0.25) is 0 Å². The zero-order valence-corrected chi connectivity index (χ0v) is 11.3. The predicted octanol–water partition coefficient (Wildman–Crippen LogP) is 2.50. The second-order valence-corrected chi connectivity index (χ2v) is 6.74. The van der Waals surface area contributed by atoms with Crippen molar-refractivity contribution in [3.8, 4) is 0 Å². The first-order chi connectivity index (χ1) is 7.54. The fourth-order valence-electron chi connectivity index (χ4n) is 3.27. The van der Waals surface area contributed by atoms with E-state index in [-0.39, 0.29) is 5.54 Å². The first kappa shape index (κ1) is 12.4. The van der Waals surface area contributed by atoms with E-state index >= 15 is 0 Å². The number of fused-ring (bicyclic) bond motifs is 1. The molecule has 1 heterocycles. The lowest BCUT2D eigenvalue weighted by Gasteiger charge is -2.23. The van der Waals surface area contributed by atoms with Crippen molar-refractivity contribution < 1.29 is 0 Å². The lowest BCUT2D eigenvalue weighted by molar-refractivity contribution is 0.299. The molecule has 2 heteroatoms. The van der Waals surface area contributed by atoms with Crippen molar-refractivity contribution in [2.75, 3.05) is 26.2 Å². The smallest absolute Gasteiger partial charge is 0.0107 e. The minimum absolute atomic E-state index is 0.270. The zero-order valence-electron chi connectivity index (χ0n) is 11.3. The average Bonchev–Trinajstić information content (AvgIpc) is 2.57. The lowest BCUT2D eigenvalue weighted by Crippen LogP contribution is -2.41. The minimum Gasteiger partial charge on any atom is -0.311 e. The highest BCUT2D eigenvalue weighted by atomic mass is 15.2. The van der Waals surface area contributed by atoms with E-state index in [4.69, 9.17) is 0 Å². The quantitative estimate of drug-likeness (QED) is 0.792. The molecule has 1 N–H and O–H groups in total. The van der Waals surface area contributed by atoms with E-state index in [1.54, 1.807) is 0 Å². The van der Waals surface area contributed by atoms with Gasteiger partial charge in [-0.15, -0.1) is 0 Å². The van der Waals surface area contributed by atoms with Crippen LogP contribution in [-0.4, -0.2) is 36.6 Å². The van der Waals surface area contributed by atoms with Crippen molar-refractivity contribution in [3.05, 3.63) is 0 Å². The molecule has 2 fully saturated rings. The number of hydrogen-bond acceptors (Lipinski definition) is 2. The van der Waals surface area contributed by atoms with Crippen molar-refractivity contribution in [1.82, 2.24) is 10.2 Å². The van der Waals surface area contributed by atoms with Gasteiger partial charge in [0.25, 0.3) is 0 Å². The first-order valence-electron chi connectivity index (χ1n) is 7.02. The molecule has 0 spiro atoms. The van der Waals surface area contributed by atoms with Gasteiger partial charge in [-0.2, -0.15) is 0 Å². The van der Waals surface area contributed by atoms with Gasteiger partial charge in [-0.05, 0) is 45.4 Å². The molecule has 0 aromatic rings. The second-order valence-electron chi connectivity index (χ2n) is 6.74. The highest BCUT2D eigenvalue weighted by Gasteiger charge is 2.33. The zero-order chi connectivity index (χ0) is 11.6. The van der Waals surface area contributed by atoms with Crippen molar-refractivity contribution in [2.24, 2.45) is 11.8 Å². The number of nitrogens with one attached hydrogen (secondary N) is 1. The molecular weight excluding hydrogens is 196 g/mol. The molecule has 2 atom stereocenters. The van der Waals surface area contributed by atoms with Crippen LogP contribution in [0.5, 0.6) is 0 Å². The monoisotopic (exact) mass is 224 g/mol. The predicted molar refractivity (Wildman–Crippen MR) is 69.6 cm³/mol. The van der Waals surface area contributed by atoms with E-state index in [1.165, 1.54) is 45.3 Å². The summed E-state index contributed by atoms with van der Waals surface area (Å²) in [6, 6.07) is 0. The van der Waals surface area contributed by atoms with Crippen molar-refractivity contribution in [3.63, 3.8) is 0 Å². The topological polar surface area (TPSA) is 15.3 Å². The van der Waals surface area contributed by atoms with E-state index in [0.29, 0.717) is 0 Å². The van der Waals surface area contributed by atoms with E-state index in [2.05, 4.69) is 31.0 Å². The summed E-state index contributed by atoms with van der Waals surface area (Å²) in [6.07, 6.45) is 5.95. The summed E-state index contributed by atoms with van der Waals surface area (Å²) in [6.45, 7) is 11.9. The first-order valence-corrected chi connectivity index (χ1v) is 7.02. The SMILES string of the molecule is CC(C)(C)NCCN1C[C@H]2CCCC[C@H]2C1. The number of rotatable bonds is 3. The molecule has 2 rings (SSSR count). The van der Waals surface area contributed by atoms with E-state index in [9.17, 15) is 0 Å². The Balaban J connectivity index is 1.68. The fraction of sp³-hybridized carbons (Fsp3) is 1.00.